The highest BCUT2D eigenvalue weighted by molar-refractivity contribution is 5.32. The predicted octanol–water partition coefficient (Wildman–Crippen LogP) is 2.10. The third-order valence-corrected chi connectivity index (χ3v) is 3.08. The molecule has 0 aromatic heterocycles. The molecule has 3 heteroatoms. The molecule has 2 N–H and O–H groups in total. The van der Waals surface area contributed by atoms with Crippen LogP contribution in [0.15, 0.2) is 18.2 Å². The van der Waals surface area contributed by atoms with Crippen molar-refractivity contribution in [2.75, 3.05) is 20.8 Å². The zero-order valence-electron chi connectivity index (χ0n) is 10.5. The Kier molecular flexibility index (Phi) is 4.47. The summed E-state index contributed by atoms with van der Waals surface area (Å²) < 4.78 is 11.0. The number of ether oxygens (including phenoxy) is 2. The summed E-state index contributed by atoms with van der Waals surface area (Å²) in [6, 6.07) is 6.21. The van der Waals surface area contributed by atoms with Gasteiger partial charge >= 0.3 is 0 Å². The largest absolute Gasteiger partial charge is 0.349 e. The van der Waals surface area contributed by atoms with Crippen LogP contribution in [0, 0.1) is 13.8 Å². The van der Waals surface area contributed by atoms with Crippen LogP contribution in [0.1, 0.15) is 23.1 Å². The maximum atomic E-state index is 5.61. The van der Waals surface area contributed by atoms with Gasteiger partial charge in [0.1, 0.15) is 0 Å². The molecule has 90 valence electrons. The van der Waals surface area contributed by atoms with Gasteiger partial charge in [-0.05, 0) is 31.5 Å². The topological polar surface area (TPSA) is 44.5 Å². The van der Waals surface area contributed by atoms with Gasteiger partial charge < -0.3 is 15.2 Å². The van der Waals surface area contributed by atoms with Crippen molar-refractivity contribution in [1.29, 1.82) is 0 Å². The molecule has 0 saturated heterocycles. The number of methoxy groups -OCH3 is 2. The van der Waals surface area contributed by atoms with E-state index in [1.807, 2.05) is 6.07 Å². The van der Waals surface area contributed by atoms with E-state index in [9.17, 15) is 0 Å². The average molecular weight is 223 g/mol. The lowest BCUT2D eigenvalue weighted by Crippen LogP contribution is -2.33. The van der Waals surface area contributed by atoms with Gasteiger partial charge in [0, 0.05) is 26.2 Å². The molecule has 0 amide bonds. The second-order valence-electron chi connectivity index (χ2n) is 4.00. The molecule has 0 fully saturated rings. The minimum absolute atomic E-state index is 0.522. The third-order valence-electron chi connectivity index (χ3n) is 3.08. The van der Waals surface area contributed by atoms with Crippen molar-refractivity contribution in [3.05, 3.63) is 34.9 Å². The average Bonchev–Trinajstić information content (AvgIpc) is 2.30. The summed E-state index contributed by atoms with van der Waals surface area (Å²) in [7, 11) is 3.29. The van der Waals surface area contributed by atoms with Gasteiger partial charge in [-0.3, -0.25) is 0 Å². The van der Waals surface area contributed by atoms with Crippen molar-refractivity contribution >= 4 is 0 Å². The minimum atomic E-state index is -0.715. The molecular formula is C13H21NO2. The number of hydrogen-bond donors (Lipinski definition) is 1. The molecule has 0 spiro atoms. The lowest BCUT2D eigenvalue weighted by molar-refractivity contribution is -0.218. The molecule has 0 aliphatic rings. The second-order valence-corrected chi connectivity index (χ2v) is 4.00. The van der Waals surface area contributed by atoms with Gasteiger partial charge in [0.25, 0.3) is 0 Å². The van der Waals surface area contributed by atoms with E-state index in [4.69, 9.17) is 15.2 Å². The summed E-state index contributed by atoms with van der Waals surface area (Å²) in [6.45, 7) is 4.69. The Morgan fingerprint density at radius 2 is 1.75 bits per heavy atom. The van der Waals surface area contributed by atoms with Gasteiger partial charge in [-0.1, -0.05) is 18.2 Å². The van der Waals surface area contributed by atoms with Gasteiger partial charge in [-0.2, -0.15) is 0 Å². The fourth-order valence-corrected chi connectivity index (χ4v) is 1.84. The Labute approximate surface area is 97.6 Å². The van der Waals surface area contributed by atoms with Crippen LogP contribution in [0.5, 0.6) is 0 Å². The Morgan fingerprint density at radius 3 is 2.19 bits per heavy atom. The number of aryl methyl sites for hydroxylation is 2. The van der Waals surface area contributed by atoms with Crippen molar-refractivity contribution in [2.24, 2.45) is 5.73 Å². The van der Waals surface area contributed by atoms with E-state index < -0.39 is 5.79 Å². The molecule has 0 aliphatic carbocycles. The Hall–Kier alpha value is -0.900. The van der Waals surface area contributed by atoms with E-state index in [1.54, 1.807) is 14.2 Å². The highest BCUT2D eigenvalue weighted by Crippen LogP contribution is 2.30. The fraction of sp³-hybridized carbons (Fsp3) is 0.538. The molecular weight excluding hydrogens is 202 g/mol. The van der Waals surface area contributed by atoms with Crippen molar-refractivity contribution in [1.82, 2.24) is 0 Å². The van der Waals surface area contributed by atoms with Crippen molar-refractivity contribution < 1.29 is 9.47 Å². The normalized spacial score (nSPS) is 11.8. The van der Waals surface area contributed by atoms with Crippen LogP contribution < -0.4 is 5.73 Å². The van der Waals surface area contributed by atoms with E-state index in [-0.39, 0.29) is 0 Å². The first kappa shape index (κ1) is 13.2. The monoisotopic (exact) mass is 223 g/mol. The standard InChI is InChI=1S/C13H21NO2/c1-10-5-6-12(9-11(10)2)13(15-3,16-4)7-8-14/h5-6,9H,7-8,14H2,1-4H3. The van der Waals surface area contributed by atoms with E-state index in [2.05, 4.69) is 26.0 Å². The van der Waals surface area contributed by atoms with Gasteiger partial charge in [0.2, 0.25) is 0 Å². The first-order valence-electron chi connectivity index (χ1n) is 5.47. The van der Waals surface area contributed by atoms with Crippen LogP contribution >= 0.6 is 0 Å². The molecule has 1 rings (SSSR count). The lowest BCUT2D eigenvalue weighted by atomic mass is 9.98. The first-order chi connectivity index (χ1) is 7.59. The summed E-state index contributed by atoms with van der Waals surface area (Å²) in [5.41, 5.74) is 9.12. The number of nitrogens with two attached hydrogens (primary N) is 1. The maximum absolute atomic E-state index is 5.61. The van der Waals surface area contributed by atoms with Crippen LogP contribution in [-0.4, -0.2) is 20.8 Å². The number of hydrogen-bond acceptors (Lipinski definition) is 3. The molecule has 1 aromatic rings. The zero-order chi connectivity index (χ0) is 12.2. The number of benzene rings is 1. The fourth-order valence-electron chi connectivity index (χ4n) is 1.84. The molecule has 1 aromatic carbocycles. The van der Waals surface area contributed by atoms with Crippen LogP contribution in [0.3, 0.4) is 0 Å². The van der Waals surface area contributed by atoms with Crippen molar-refractivity contribution in [3.8, 4) is 0 Å². The summed E-state index contributed by atoms with van der Waals surface area (Å²) in [6.07, 6.45) is 0.641. The Morgan fingerprint density at radius 1 is 1.12 bits per heavy atom. The summed E-state index contributed by atoms with van der Waals surface area (Å²) in [5, 5.41) is 0. The van der Waals surface area contributed by atoms with Crippen LogP contribution in [-0.2, 0) is 15.3 Å². The molecule has 0 unspecified atom stereocenters. The van der Waals surface area contributed by atoms with Crippen LogP contribution in [0.4, 0.5) is 0 Å². The minimum Gasteiger partial charge on any atom is -0.349 e. The molecule has 0 heterocycles. The van der Waals surface area contributed by atoms with Gasteiger partial charge in [-0.25, -0.2) is 0 Å². The maximum Gasteiger partial charge on any atom is 0.195 e. The third kappa shape index (κ3) is 2.43. The summed E-state index contributed by atoms with van der Waals surface area (Å²) in [4.78, 5) is 0. The highest BCUT2D eigenvalue weighted by Gasteiger charge is 2.31. The SMILES string of the molecule is COC(CCN)(OC)c1ccc(C)c(C)c1. The van der Waals surface area contributed by atoms with Crippen LogP contribution in [0.25, 0.3) is 0 Å². The summed E-state index contributed by atoms with van der Waals surface area (Å²) in [5.74, 6) is -0.715. The summed E-state index contributed by atoms with van der Waals surface area (Å²) >= 11 is 0. The molecule has 0 atom stereocenters. The molecule has 0 bridgehead atoms. The molecule has 0 saturated carbocycles. The first-order valence-corrected chi connectivity index (χ1v) is 5.47. The number of rotatable bonds is 5. The van der Waals surface area contributed by atoms with E-state index in [0.29, 0.717) is 13.0 Å². The lowest BCUT2D eigenvalue weighted by Gasteiger charge is -2.31. The molecule has 0 radical (unpaired) electrons. The smallest absolute Gasteiger partial charge is 0.195 e. The van der Waals surface area contributed by atoms with E-state index >= 15 is 0 Å². The van der Waals surface area contributed by atoms with E-state index in [0.717, 1.165) is 5.56 Å². The zero-order valence-corrected chi connectivity index (χ0v) is 10.5. The van der Waals surface area contributed by atoms with E-state index in [1.165, 1.54) is 11.1 Å². The second kappa shape index (κ2) is 5.43. The van der Waals surface area contributed by atoms with Gasteiger partial charge in [0.05, 0.1) is 0 Å². The highest BCUT2D eigenvalue weighted by atomic mass is 16.7. The molecule has 3 nitrogen and oxygen atoms in total. The molecule has 16 heavy (non-hydrogen) atoms. The predicted molar refractivity (Wildman–Crippen MR) is 65.3 cm³/mol. The van der Waals surface area contributed by atoms with Crippen molar-refractivity contribution in [3.63, 3.8) is 0 Å². The van der Waals surface area contributed by atoms with Crippen molar-refractivity contribution in [2.45, 2.75) is 26.1 Å². The van der Waals surface area contributed by atoms with Crippen LogP contribution in [0.2, 0.25) is 0 Å². The Balaban J connectivity index is 3.14. The quantitative estimate of drug-likeness (QED) is 0.777. The molecule has 0 aliphatic heterocycles. The Bertz CT molecular complexity index is 346. The van der Waals surface area contributed by atoms with Gasteiger partial charge in [-0.15, -0.1) is 0 Å². The van der Waals surface area contributed by atoms with Gasteiger partial charge in [0.15, 0.2) is 5.79 Å².